The van der Waals surface area contributed by atoms with Crippen molar-refractivity contribution in [3.8, 4) is 0 Å². The number of anilines is 3. The number of amides is 2. The Hall–Kier alpha value is -3.44. The molecule has 11 heteroatoms. The maximum atomic E-state index is 13.0. The van der Waals surface area contributed by atoms with Crippen LogP contribution in [0.2, 0.25) is 0 Å². The summed E-state index contributed by atoms with van der Waals surface area (Å²) in [4.78, 5) is 25.3. The summed E-state index contributed by atoms with van der Waals surface area (Å²) in [6.07, 6.45) is -3.11. The van der Waals surface area contributed by atoms with Crippen LogP contribution in [0, 0.1) is 0 Å². The number of hydrogen-bond acceptors (Lipinski definition) is 6. The fourth-order valence-electron chi connectivity index (χ4n) is 3.72. The Kier molecular flexibility index (Phi) is 7.13. The van der Waals surface area contributed by atoms with E-state index in [1.165, 1.54) is 18.5 Å². The second kappa shape index (κ2) is 10.2. The van der Waals surface area contributed by atoms with Crippen LogP contribution in [0.15, 0.2) is 48.8 Å². The minimum atomic E-state index is -4.44. The van der Waals surface area contributed by atoms with Crippen molar-refractivity contribution in [1.29, 1.82) is 0 Å². The third kappa shape index (κ3) is 6.12. The Morgan fingerprint density at radius 1 is 1.03 bits per heavy atom. The summed E-state index contributed by atoms with van der Waals surface area (Å²) in [5.74, 6) is 0.337. The standard InChI is InChI=1S/C23H26F3N7O/c1-32-9-11-33(12-10-32)8-7-27-22(34)31-18-5-6-20-19(14-18)21(29-15-28-20)30-17-4-2-3-16(13-17)23(24,25)26/h2-6,13-15H,7-12H2,1H3,(H2,27,31,34)(H,28,29,30). The molecule has 0 spiro atoms. The molecule has 180 valence electrons. The summed E-state index contributed by atoms with van der Waals surface area (Å²) in [7, 11) is 2.10. The summed E-state index contributed by atoms with van der Waals surface area (Å²) >= 11 is 0. The summed E-state index contributed by atoms with van der Waals surface area (Å²) < 4.78 is 39.1. The number of piperazine rings is 1. The zero-order valence-electron chi connectivity index (χ0n) is 18.7. The van der Waals surface area contributed by atoms with Crippen LogP contribution in [0.1, 0.15) is 5.56 Å². The quantitative estimate of drug-likeness (QED) is 0.506. The number of carbonyl (C=O) groups is 1. The van der Waals surface area contributed by atoms with E-state index in [9.17, 15) is 18.0 Å². The molecule has 1 aliphatic heterocycles. The second-order valence-electron chi connectivity index (χ2n) is 8.18. The molecular formula is C23H26F3N7O. The normalized spacial score (nSPS) is 15.3. The van der Waals surface area contributed by atoms with Crippen LogP contribution in [0.3, 0.4) is 0 Å². The van der Waals surface area contributed by atoms with Crippen LogP contribution in [0.25, 0.3) is 10.9 Å². The lowest BCUT2D eigenvalue weighted by molar-refractivity contribution is -0.137. The molecule has 2 heterocycles. The molecule has 8 nitrogen and oxygen atoms in total. The first-order chi connectivity index (χ1) is 16.3. The molecule has 3 aromatic rings. The number of benzene rings is 2. The zero-order chi connectivity index (χ0) is 24.1. The van der Waals surface area contributed by atoms with Crippen molar-refractivity contribution in [2.75, 3.05) is 56.9 Å². The number of urea groups is 1. The van der Waals surface area contributed by atoms with Crippen molar-refractivity contribution in [2.45, 2.75) is 6.18 Å². The molecule has 3 N–H and O–H groups in total. The molecule has 0 aliphatic carbocycles. The molecule has 4 rings (SSSR count). The molecule has 2 aromatic carbocycles. The fourth-order valence-corrected chi connectivity index (χ4v) is 3.72. The molecule has 0 saturated carbocycles. The number of carbonyl (C=O) groups excluding carboxylic acids is 1. The molecule has 0 unspecified atom stereocenters. The first kappa shape index (κ1) is 23.7. The van der Waals surface area contributed by atoms with Gasteiger partial charge in [0, 0.05) is 56.0 Å². The Balaban J connectivity index is 1.41. The average molecular weight is 474 g/mol. The summed E-state index contributed by atoms with van der Waals surface area (Å²) in [6, 6.07) is 9.66. The highest BCUT2D eigenvalue weighted by Gasteiger charge is 2.30. The Labute approximate surface area is 195 Å². The molecule has 0 radical (unpaired) electrons. The molecule has 2 amide bonds. The number of alkyl halides is 3. The van der Waals surface area contributed by atoms with Crippen LogP contribution in [0.5, 0.6) is 0 Å². The van der Waals surface area contributed by atoms with Crippen LogP contribution < -0.4 is 16.0 Å². The topological polar surface area (TPSA) is 85.4 Å². The average Bonchev–Trinajstić information content (AvgIpc) is 2.80. The maximum absolute atomic E-state index is 13.0. The van der Waals surface area contributed by atoms with Gasteiger partial charge in [0.05, 0.1) is 11.1 Å². The van der Waals surface area contributed by atoms with Gasteiger partial charge in [-0.25, -0.2) is 14.8 Å². The molecule has 1 saturated heterocycles. The summed E-state index contributed by atoms with van der Waals surface area (Å²) in [5.41, 5.74) is 0.596. The molecule has 34 heavy (non-hydrogen) atoms. The van der Waals surface area contributed by atoms with Crippen LogP contribution >= 0.6 is 0 Å². The smallest absolute Gasteiger partial charge is 0.340 e. The van der Waals surface area contributed by atoms with Gasteiger partial charge in [0.15, 0.2) is 0 Å². The van der Waals surface area contributed by atoms with Crippen LogP contribution in [0.4, 0.5) is 35.2 Å². The Bertz CT molecular complexity index is 1150. The van der Waals surface area contributed by atoms with Crippen molar-refractivity contribution in [3.63, 3.8) is 0 Å². The highest BCUT2D eigenvalue weighted by molar-refractivity contribution is 5.96. The van der Waals surface area contributed by atoms with E-state index in [0.717, 1.165) is 44.9 Å². The lowest BCUT2D eigenvalue weighted by atomic mass is 10.1. The molecule has 0 bridgehead atoms. The van der Waals surface area contributed by atoms with Crippen LogP contribution in [-0.2, 0) is 6.18 Å². The van der Waals surface area contributed by atoms with E-state index in [1.807, 2.05) is 0 Å². The van der Waals surface area contributed by atoms with Gasteiger partial charge in [0.2, 0.25) is 0 Å². The van der Waals surface area contributed by atoms with Gasteiger partial charge in [-0.1, -0.05) is 6.07 Å². The molecule has 0 atom stereocenters. The van der Waals surface area contributed by atoms with E-state index < -0.39 is 11.7 Å². The monoisotopic (exact) mass is 473 g/mol. The first-order valence-corrected chi connectivity index (χ1v) is 10.9. The molecule has 1 fully saturated rings. The predicted molar refractivity (Wildman–Crippen MR) is 125 cm³/mol. The van der Waals surface area contributed by atoms with Gasteiger partial charge in [-0.05, 0) is 43.4 Å². The number of likely N-dealkylation sites (N-methyl/N-ethyl adjacent to an activating group) is 1. The highest BCUT2D eigenvalue weighted by atomic mass is 19.4. The zero-order valence-corrected chi connectivity index (χ0v) is 18.7. The van der Waals surface area contributed by atoms with E-state index in [1.54, 1.807) is 18.2 Å². The molecule has 1 aliphatic rings. The minimum absolute atomic E-state index is 0.245. The van der Waals surface area contributed by atoms with E-state index >= 15 is 0 Å². The van der Waals surface area contributed by atoms with Gasteiger partial charge >= 0.3 is 12.2 Å². The van der Waals surface area contributed by atoms with E-state index in [-0.39, 0.29) is 11.7 Å². The van der Waals surface area contributed by atoms with Crippen molar-refractivity contribution in [2.24, 2.45) is 0 Å². The number of halogens is 3. The number of fused-ring (bicyclic) bond motifs is 1. The van der Waals surface area contributed by atoms with Crippen molar-refractivity contribution in [1.82, 2.24) is 25.1 Å². The lowest BCUT2D eigenvalue weighted by Crippen LogP contribution is -2.47. The third-order valence-corrected chi connectivity index (χ3v) is 5.66. The molecular weight excluding hydrogens is 447 g/mol. The number of aromatic nitrogens is 2. The van der Waals surface area contributed by atoms with E-state index in [4.69, 9.17) is 0 Å². The van der Waals surface area contributed by atoms with Crippen LogP contribution in [-0.4, -0.2) is 72.1 Å². The van der Waals surface area contributed by atoms with Gasteiger partial charge < -0.3 is 20.9 Å². The largest absolute Gasteiger partial charge is 0.416 e. The van der Waals surface area contributed by atoms with Gasteiger partial charge in [-0.15, -0.1) is 0 Å². The predicted octanol–water partition coefficient (Wildman–Crippen LogP) is 3.76. The molecule has 1 aromatic heterocycles. The minimum Gasteiger partial charge on any atom is -0.340 e. The first-order valence-electron chi connectivity index (χ1n) is 10.9. The van der Waals surface area contributed by atoms with Gasteiger partial charge in [0.1, 0.15) is 12.1 Å². The van der Waals surface area contributed by atoms with E-state index in [0.29, 0.717) is 29.0 Å². The van der Waals surface area contributed by atoms with Crippen molar-refractivity contribution >= 4 is 34.1 Å². The van der Waals surface area contributed by atoms with E-state index in [2.05, 4.69) is 42.8 Å². The van der Waals surface area contributed by atoms with Crippen molar-refractivity contribution in [3.05, 3.63) is 54.4 Å². The number of nitrogens with one attached hydrogen (secondary N) is 3. The SMILES string of the molecule is CN1CCN(CCNC(=O)Nc2ccc3ncnc(Nc4cccc(C(F)(F)F)c4)c3c2)CC1. The summed E-state index contributed by atoms with van der Waals surface area (Å²) in [6.45, 7) is 5.29. The lowest BCUT2D eigenvalue weighted by Gasteiger charge is -2.32. The highest BCUT2D eigenvalue weighted by Crippen LogP contribution is 2.32. The van der Waals surface area contributed by atoms with Gasteiger partial charge in [0.25, 0.3) is 0 Å². The second-order valence-corrected chi connectivity index (χ2v) is 8.18. The third-order valence-electron chi connectivity index (χ3n) is 5.66. The van der Waals surface area contributed by atoms with Gasteiger partial charge in [-0.3, -0.25) is 4.90 Å². The fraction of sp³-hybridized carbons (Fsp3) is 0.348. The number of hydrogen-bond donors (Lipinski definition) is 3. The maximum Gasteiger partial charge on any atom is 0.416 e. The van der Waals surface area contributed by atoms with Crippen molar-refractivity contribution < 1.29 is 18.0 Å². The number of rotatable bonds is 6. The Morgan fingerprint density at radius 2 is 1.82 bits per heavy atom. The van der Waals surface area contributed by atoms with Gasteiger partial charge in [-0.2, -0.15) is 13.2 Å². The Morgan fingerprint density at radius 3 is 2.59 bits per heavy atom. The summed E-state index contributed by atoms with van der Waals surface area (Å²) in [5, 5.41) is 9.13. The number of nitrogens with zero attached hydrogens (tertiary/aromatic N) is 4.